The molecule has 0 spiro atoms. The summed E-state index contributed by atoms with van der Waals surface area (Å²) in [6, 6.07) is 3.72. The molecule has 2 bridgehead atoms. The molecule has 1 aliphatic heterocycles. The molecule has 120 valence electrons. The highest BCUT2D eigenvalue weighted by molar-refractivity contribution is 5.49. The van der Waals surface area contributed by atoms with Crippen LogP contribution in [0.15, 0.2) is 12.1 Å². The normalized spacial score (nSPS) is 34.4. The van der Waals surface area contributed by atoms with Crippen LogP contribution in [0, 0.1) is 5.92 Å². The van der Waals surface area contributed by atoms with Crippen molar-refractivity contribution in [3.63, 3.8) is 0 Å². The van der Waals surface area contributed by atoms with Gasteiger partial charge in [-0.3, -0.25) is 0 Å². The van der Waals surface area contributed by atoms with Crippen LogP contribution in [-0.2, 0) is 11.8 Å². The molecule has 2 fully saturated rings. The lowest BCUT2D eigenvalue weighted by atomic mass is 9.52. The number of benzene rings is 1. The number of rotatable bonds is 1. The summed E-state index contributed by atoms with van der Waals surface area (Å²) in [4.78, 5) is 2.42. The van der Waals surface area contributed by atoms with Crippen molar-refractivity contribution in [2.45, 2.75) is 56.4 Å². The van der Waals surface area contributed by atoms with Gasteiger partial charge in [0.2, 0.25) is 0 Å². The van der Waals surface area contributed by atoms with Crippen LogP contribution < -0.4 is 0 Å². The smallest absolute Gasteiger partial charge is 0.267 e. The molecule has 1 aromatic rings. The van der Waals surface area contributed by atoms with Gasteiger partial charge in [-0.15, -0.1) is 0 Å². The lowest BCUT2D eigenvalue weighted by Gasteiger charge is -2.58. The minimum atomic E-state index is -2.61. The molecular formula is C18H23F2NO. The van der Waals surface area contributed by atoms with E-state index in [9.17, 15) is 13.9 Å². The van der Waals surface area contributed by atoms with Crippen LogP contribution in [0.25, 0.3) is 0 Å². The van der Waals surface area contributed by atoms with E-state index < -0.39 is 6.43 Å². The first-order valence-corrected chi connectivity index (χ1v) is 8.37. The molecule has 1 heterocycles. The fourth-order valence-electron chi connectivity index (χ4n) is 5.44. The van der Waals surface area contributed by atoms with Crippen molar-refractivity contribution < 1.29 is 13.9 Å². The molecule has 4 rings (SSSR count). The summed E-state index contributed by atoms with van der Waals surface area (Å²) >= 11 is 0. The topological polar surface area (TPSA) is 23.5 Å². The summed E-state index contributed by atoms with van der Waals surface area (Å²) in [7, 11) is 2.17. The Morgan fingerprint density at radius 2 is 2.09 bits per heavy atom. The van der Waals surface area contributed by atoms with E-state index in [4.69, 9.17) is 0 Å². The maximum absolute atomic E-state index is 13.1. The number of nitrogens with zero attached hydrogens (tertiary/aromatic N) is 1. The van der Waals surface area contributed by atoms with Crippen LogP contribution in [0.2, 0.25) is 0 Å². The first-order valence-electron chi connectivity index (χ1n) is 8.37. The maximum Gasteiger partial charge on any atom is 0.267 e. The molecule has 1 saturated carbocycles. The van der Waals surface area contributed by atoms with Crippen molar-refractivity contribution in [3.05, 3.63) is 28.8 Å². The molecule has 1 N–H and O–H groups in total. The van der Waals surface area contributed by atoms with Crippen molar-refractivity contribution in [2.75, 3.05) is 13.6 Å². The third-order valence-electron chi connectivity index (χ3n) is 6.49. The van der Waals surface area contributed by atoms with E-state index >= 15 is 0 Å². The second-order valence-corrected chi connectivity index (χ2v) is 7.38. The number of phenolic OH excluding ortho intramolecular Hbond substituents is 1. The summed E-state index contributed by atoms with van der Waals surface area (Å²) in [5.41, 5.74) is 2.12. The highest BCUT2D eigenvalue weighted by Gasteiger charge is 2.53. The number of piperidine rings is 1. The van der Waals surface area contributed by atoms with Crippen LogP contribution in [0.5, 0.6) is 5.75 Å². The Hall–Kier alpha value is -1.16. The van der Waals surface area contributed by atoms with Gasteiger partial charge in [0.1, 0.15) is 5.75 Å². The number of hydrogen-bond acceptors (Lipinski definition) is 2. The van der Waals surface area contributed by atoms with Crippen molar-refractivity contribution in [1.82, 2.24) is 4.90 Å². The monoisotopic (exact) mass is 307 g/mol. The van der Waals surface area contributed by atoms with Crippen molar-refractivity contribution in [2.24, 2.45) is 5.92 Å². The predicted molar refractivity (Wildman–Crippen MR) is 81.4 cm³/mol. The molecule has 3 aliphatic rings. The second-order valence-electron chi connectivity index (χ2n) is 7.38. The molecule has 0 unspecified atom stereocenters. The largest absolute Gasteiger partial charge is 0.507 e. The van der Waals surface area contributed by atoms with Gasteiger partial charge < -0.3 is 10.0 Å². The van der Waals surface area contributed by atoms with Crippen LogP contribution in [0.3, 0.4) is 0 Å². The number of halogens is 2. The molecule has 2 nitrogen and oxygen atoms in total. The number of likely N-dealkylation sites (N-methyl/N-ethyl adjacent to an activating group) is 1. The van der Waals surface area contributed by atoms with Gasteiger partial charge in [-0.1, -0.05) is 12.8 Å². The van der Waals surface area contributed by atoms with Crippen LogP contribution in [0.4, 0.5) is 8.78 Å². The Morgan fingerprint density at radius 1 is 1.27 bits per heavy atom. The number of alkyl halides is 2. The number of fused-ring (bicyclic) bond motifs is 1. The number of aromatic hydroxyl groups is 1. The van der Waals surface area contributed by atoms with Crippen molar-refractivity contribution in [3.8, 4) is 5.75 Å². The molecule has 4 heteroatoms. The SMILES string of the molecule is CN1CC[C@@]23CCCC[C@@H]2[C@@H]1Cc1cc(C(F)F)c(O)cc13. The van der Waals surface area contributed by atoms with Gasteiger partial charge in [0, 0.05) is 11.5 Å². The quantitative estimate of drug-likeness (QED) is 0.847. The van der Waals surface area contributed by atoms with E-state index in [0.717, 1.165) is 31.4 Å². The zero-order valence-corrected chi connectivity index (χ0v) is 13.0. The lowest BCUT2D eigenvalue weighted by Crippen LogP contribution is -2.59. The van der Waals surface area contributed by atoms with Crippen molar-refractivity contribution in [1.29, 1.82) is 0 Å². The first-order chi connectivity index (χ1) is 10.5. The minimum Gasteiger partial charge on any atom is -0.507 e. The number of likely N-dealkylation sites (tertiary alicyclic amines) is 1. The van der Waals surface area contributed by atoms with E-state index in [1.807, 2.05) is 0 Å². The molecule has 1 saturated heterocycles. The molecule has 0 aromatic heterocycles. The summed E-state index contributed by atoms with van der Waals surface area (Å²) in [6.07, 6.45) is 4.18. The van der Waals surface area contributed by atoms with Gasteiger partial charge in [0.05, 0.1) is 5.56 Å². The first kappa shape index (κ1) is 14.4. The molecule has 2 aliphatic carbocycles. The second kappa shape index (κ2) is 4.92. The summed E-state index contributed by atoms with van der Waals surface area (Å²) in [5, 5.41) is 10.1. The summed E-state index contributed by atoms with van der Waals surface area (Å²) in [5.74, 6) is 0.397. The molecule has 3 atom stereocenters. The molecule has 22 heavy (non-hydrogen) atoms. The highest BCUT2D eigenvalue weighted by atomic mass is 19.3. The van der Waals surface area contributed by atoms with Gasteiger partial charge in [-0.2, -0.15) is 0 Å². The average molecular weight is 307 g/mol. The van der Waals surface area contributed by atoms with Gasteiger partial charge >= 0.3 is 0 Å². The Labute approximate surface area is 130 Å². The van der Waals surface area contributed by atoms with E-state index in [-0.39, 0.29) is 16.7 Å². The molecule has 0 amide bonds. The maximum atomic E-state index is 13.1. The fraction of sp³-hybridized carbons (Fsp3) is 0.667. The fourth-order valence-corrected chi connectivity index (χ4v) is 5.44. The van der Waals surface area contributed by atoms with E-state index in [1.54, 1.807) is 12.1 Å². The summed E-state index contributed by atoms with van der Waals surface area (Å²) in [6.45, 7) is 1.07. The van der Waals surface area contributed by atoms with Gasteiger partial charge in [-0.05, 0) is 68.5 Å². The van der Waals surface area contributed by atoms with Crippen LogP contribution in [-0.4, -0.2) is 29.6 Å². The lowest BCUT2D eigenvalue weighted by molar-refractivity contribution is 0.00255. The Kier molecular flexibility index (Phi) is 3.23. The molecule has 0 radical (unpaired) electrons. The summed E-state index contributed by atoms with van der Waals surface area (Å²) < 4.78 is 26.3. The third-order valence-corrected chi connectivity index (χ3v) is 6.49. The van der Waals surface area contributed by atoms with Gasteiger partial charge in [0.15, 0.2) is 0 Å². The zero-order chi connectivity index (χ0) is 15.5. The molecular weight excluding hydrogens is 284 g/mol. The standard InChI is InChI=1S/C18H23F2NO/c1-21-7-6-18-5-3-2-4-13(18)15(21)9-11-8-12(17(19)20)16(22)10-14(11)18/h8,10,13,15,17,22H,2-7,9H2,1H3/t13-,15+,18+/m1/s1. The third kappa shape index (κ3) is 1.86. The highest BCUT2D eigenvalue weighted by Crippen LogP contribution is 2.56. The van der Waals surface area contributed by atoms with E-state index in [0.29, 0.717) is 12.0 Å². The van der Waals surface area contributed by atoms with E-state index in [2.05, 4.69) is 11.9 Å². The average Bonchev–Trinajstić information content (AvgIpc) is 2.51. The van der Waals surface area contributed by atoms with Gasteiger partial charge in [-0.25, -0.2) is 8.78 Å². The number of hydrogen-bond donors (Lipinski definition) is 1. The van der Waals surface area contributed by atoms with E-state index in [1.165, 1.54) is 24.8 Å². The zero-order valence-electron chi connectivity index (χ0n) is 13.0. The number of phenols is 1. The minimum absolute atomic E-state index is 0.112. The molecule has 1 aromatic carbocycles. The van der Waals surface area contributed by atoms with Gasteiger partial charge in [0.25, 0.3) is 6.43 Å². The van der Waals surface area contributed by atoms with Crippen LogP contribution in [0.1, 0.15) is 55.2 Å². The Balaban J connectivity index is 1.89. The Bertz CT molecular complexity index is 603. The Morgan fingerprint density at radius 3 is 2.86 bits per heavy atom. The predicted octanol–water partition coefficient (Wildman–Crippen LogP) is 4.02. The van der Waals surface area contributed by atoms with Crippen molar-refractivity contribution >= 4 is 0 Å². The van der Waals surface area contributed by atoms with Crippen LogP contribution >= 0.6 is 0 Å².